The highest BCUT2D eigenvalue weighted by molar-refractivity contribution is 6.02. The molecule has 0 fully saturated rings. The molecule has 0 aromatic heterocycles. The number of para-hydroxylation sites is 1. The number of hydrogen-bond donors (Lipinski definition) is 3. The number of carbonyl (C=O) groups is 3. The third kappa shape index (κ3) is 8.08. The van der Waals surface area contributed by atoms with E-state index in [-0.39, 0.29) is 13.2 Å². The second-order valence-corrected chi connectivity index (χ2v) is 7.98. The van der Waals surface area contributed by atoms with Crippen molar-refractivity contribution in [2.75, 3.05) is 13.2 Å². The minimum absolute atomic E-state index is 0.0597. The first kappa shape index (κ1) is 25.6. The van der Waals surface area contributed by atoms with Gasteiger partial charge in [-0.15, -0.1) is 0 Å². The van der Waals surface area contributed by atoms with Gasteiger partial charge in [-0.1, -0.05) is 56.3 Å². The number of nitrogens with one attached hydrogen (secondary N) is 1. The maximum atomic E-state index is 12.7. The molecule has 2 rings (SSSR count). The molecule has 8 heteroatoms. The monoisotopic (exact) mass is 455 g/mol. The number of allylic oxidation sites excluding steroid dienone is 1. The summed E-state index contributed by atoms with van der Waals surface area (Å²) in [5.74, 6) is -1.19. The smallest absolute Gasteiger partial charge is 0.414 e. The summed E-state index contributed by atoms with van der Waals surface area (Å²) in [5.41, 5.74) is 0.227. The normalized spacial score (nSPS) is 12.2. The van der Waals surface area contributed by atoms with Gasteiger partial charge in [-0.25, -0.2) is 9.59 Å². The molecule has 0 bridgehead atoms. The molecule has 0 saturated heterocycles. The number of aliphatic hydroxyl groups is 1. The maximum Gasteiger partial charge on any atom is 0.414 e. The molecule has 3 N–H and O–H groups in total. The molecule has 1 atom stereocenters. The van der Waals surface area contributed by atoms with Crippen molar-refractivity contribution < 1.29 is 34.1 Å². The molecule has 0 aliphatic carbocycles. The molecule has 2 aromatic carbocycles. The summed E-state index contributed by atoms with van der Waals surface area (Å²) >= 11 is 0. The van der Waals surface area contributed by atoms with Crippen LogP contribution in [0.15, 0.2) is 66.7 Å². The van der Waals surface area contributed by atoms with Crippen LogP contribution in [0.25, 0.3) is 0 Å². The van der Waals surface area contributed by atoms with Gasteiger partial charge in [0.2, 0.25) is 0 Å². The zero-order chi connectivity index (χ0) is 24.3. The summed E-state index contributed by atoms with van der Waals surface area (Å²) in [7, 11) is 0. The molecule has 0 aliphatic heterocycles. The number of imide groups is 1. The van der Waals surface area contributed by atoms with Gasteiger partial charge >= 0.3 is 12.1 Å². The standard InChI is InChI=1S/C25H29NO7/c1-25(2,15-9-8-14-21(28)29)22(19-12-6-7-13-20(19)32-17-16-27)33-24(31)26-23(30)18-10-4-3-5-11-18/h3-8,10-14,22,27H,9,15-17H2,1-2H3,(H,28,29)(H,26,30,31)/b14-8+/t22-/m1/s1. The van der Waals surface area contributed by atoms with Crippen molar-refractivity contribution in [3.8, 4) is 5.75 Å². The number of carbonyl (C=O) groups excluding carboxylic acids is 2. The summed E-state index contributed by atoms with van der Waals surface area (Å²) in [6, 6.07) is 15.3. The third-order valence-electron chi connectivity index (χ3n) is 4.95. The predicted molar refractivity (Wildman–Crippen MR) is 122 cm³/mol. The number of rotatable bonds is 11. The van der Waals surface area contributed by atoms with E-state index < -0.39 is 29.5 Å². The fourth-order valence-electron chi connectivity index (χ4n) is 3.29. The number of hydrogen-bond acceptors (Lipinski definition) is 6. The molecule has 0 unspecified atom stereocenters. The fourth-order valence-corrected chi connectivity index (χ4v) is 3.29. The van der Waals surface area contributed by atoms with E-state index in [1.807, 2.05) is 13.8 Å². The Balaban J connectivity index is 2.27. The lowest BCUT2D eigenvalue weighted by atomic mass is 9.78. The van der Waals surface area contributed by atoms with E-state index in [0.29, 0.717) is 29.7 Å². The average Bonchev–Trinajstić information content (AvgIpc) is 2.79. The van der Waals surface area contributed by atoms with Crippen LogP contribution in [-0.4, -0.2) is 41.4 Å². The average molecular weight is 456 g/mol. The SMILES string of the molecule is CC(C)(CC/C=C/C(=O)O)[C@H](OC(=O)NC(=O)c1ccccc1)c1ccccc1OCCO. The fraction of sp³-hybridized carbons (Fsp3) is 0.320. The van der Waals surface area contributed by atoms with Gasteiger partial charge < -0.3 is 19.7 Å². The molecular weight excluding hydrogens is 426 g/mol. The van der Waals surface area contributed by atoms with E-state index in [4.69, 9.17) is 19.7 Å². The maximum absolute atomic E-state index is 12.7. The van der Waals surface area contributed by atoms with Crippen LogP contribution in [0.2, 0.25) is 0 Å². The van der Waals surface area contributed by atoms with Crippen LogP contribution in [0.4, 0.5) is 4.79 Å². The van der Waals surface area contributed by atoms with E-state index in [9.17, 15) is 14.4 Å². The number of carboxylic acid groups (broad SMARTS) is 1. The third-order valence-corrected chi connectivity index (χ3v) is 4.95. The van der Waals surface area contributed by atoms with E-state index in [1.54, 1.807) is 54.6 Å². The van der Waals surface area contributed by atoms with Gasteiger partial charge in [0.1, 0.15) is 18.5 Å². The van der Waals surface area contributed by atoms with Gasteiger partial charge in [-0.05, 0) is 31.0 Å². The Kier molecular flexibility index (Phi) is 9.62. The Morgan fingerprint density at radius 3 is 2.39 bits per heavy atom. The van der Waals surface area contributed by atoms with E-state index in [1.165, 1.54) is 6.08 Å². The molecule has 176 valence electrons. The molecule has 2 aromatic rings. The van der Waals surface area contributed by atoms with Crippen molar-refractivity contribution in [1.82, 2.24) is 5.32 Å². The highest BCUT2D eigenvalue weighted by Crippen LogP contribution is 2.43. The van der Waals surface area contributed by atoms with Gasteiger partial charge in [0.25, 0.3) is 5.91 Å². The molecule has 0 saturated carbocycles. The lowest BCUT2D eigenvalue weighted by Gasteiger charge is -2.34. The molecule has 2 amide bonds. The molecule has 0 spiro atoms. The lowest BCUT2D eigenvalue weighted by Crippen LogP contribution is -2.35. The van der Waals surface area contributed by atoms with Crippen LogP contribution >= 0.6 is 0 Å². The van der Waals surface area contributed by atoms with Crippen LogP contribution in [0.5, 0.6) is 5.75 Å². The molecule has 0 heterocycles. The van der Waals surface area contributed by atoms with Crippen molar-refractivity contribution in [3.05, 3.63) is 77.9 Å². The Labute approximate surface area is 192 Å². The minimum Gasteiger partial charge on any atom is -0.491 e. The highest BCUT2D eigenvalue weighted by Gasteiger charge is 2.36. The van der Waals surface area contributed by atoms with Crippen molar-refractivity contribution in [2.45, 2.75) is 32.8 Å². The van der Waals surface area contributed by atoms with Gasteiger partial charge in [-0.3, -0.25) is 10.1 Å². The number of aliphatic hydroxyl groups excluding tert-OH is 1. The molecule has 33 heavy (non-hydrogen) atoms. The number of alkyl carbamates (subject to hydrolysis) is 1. The van der Waals surface area contributed by atoms with E-state index in [2.05, 4.69) is 5.32 Å². The van der Waals surface area contributed by atoms with E-state index >= 15 is 0 Å². The molecular formula is C25H29NO7. The quantitative estimate of drug-likeness (QED) is 0.436. The van der Waals surface area contributed by atoms with E-state index in [0.717, 1.165) is 6.08 Å². The number of benzene rings is 2. The topological polar surface area (TPSA) is 122 Å². The molecule has 0 aliphatic rings. The van der Waals surface area contributed by atoms with Crippen molar-refractivity contribution in [2.24, 2.45) is 5.41 Å². The van der Waals surface area contributed by atoms with Crippen LogP contribution in [-0.2, 0) is 9.53 Å². The first-order valence-corrected chi connectivity index (χ1v) is 10.5. The van der Waals surface area contributed by atoms with Gasteiger partial charge in [0, 0.05) is 22.6 Å². The van der Waals surface area contributed by atoms with Crippen molar-refractivity contribution in [1.29, 1.82) is 0 Å². The summed E-state index contributed by atoms with van der Waals surface area (Å²) in [6.07, 6.45) is 1.78. The minimum atomic E-state index is -1.04. The summed E-state index contributed by atoms with van der Waals surface area (Å²) in [5, 5.41) is 20.2. The Bertz CT molecular complexity index is 970. The summed E-state index contributed by atoms with van der Waals surface area (Å²) in [6.45, 7) is 3.63. The second kappa shape index (κ2) is 12.4. The van der Waals surface area contributed by atoms with Gasteiger partial charge in [0.15, 0.2) is 0 Å². The predicted octanol–water partition coefficient (Wildman–Crippen LogP) is 4.11. The first-order valence-electron chi connectivity index (χ1n) is 10.5. The number of ether oxygens (including phenoxy) is 2. The Hall–Kier alpha value is -3.65. The summed E-state index contributed by atoms with van der Waals surface area (Å²) < 4.78 is 11.4. The second-order valence-electron chi connectivity index (χ2n) is 7.98. The first-order chi connectivity index (χ1) is 15.7. The lowest BCUT2D eigenvalue weighted by molar-refractivity contribution is -0.131. The van der Waals surface area contributed by atoms with Crippen molar-refractivity contribution >= 4 is 18.0 Å². The van der Waals surface area contributed by atoms with Gasteiger partial charge in [-0.2, -0.15) is 0 Å². The summed E-state index contributed by atoms with van der Waals surface area (Å²) in [4.78, 5) is 35.8. The zero-order valence-corrected chi connectivity index (χ0v) is 18.7. The number of carboxylic acids is 1. The highest BCUT2D eigenvalue weighted by atomic mass is 16.6. The van der Waals surface area contributed by atoms with Gasteiger partial charge in [0.05, 0.1) is 6.61 Å². The largest absolute Gasteiger partial charge is 0.491 e. The Morgan fingerprint density at radius 2 is 1.73 bits per heavy atom. The Morgan fingerprint density at radius 1 is 1.06 bits per heavy atom. The molecule has 8 nitrogen and oxygen atoms in total. The number of aliphatic carboxylic acids is 1. The van der Waals surface area contributed by atoms with Crippen LogP contribution in [0.1, 0.15) is 48.7 Å². The van der Waals surface area contributed by atoms with Crippen LogP contribution < -0.4 is 10.1 Å². The van der Waals surface area contributed by atoms with Crippen molar-refractivity contribution in [3.63, 3.8) is 0 Å². The molecule has 0 radical (unpaired) electrons. The van der Waals surface area contributed by atoms with Crippen LogP contribution in [0.3, 0.4) is 0 Å². The number of amides is 2. The zero-order valence-electron chi connectivity index (χ0n) is 18.7. The van der Waals surface area contributed by atoms with Crippen LogP contribution in [0, 0.1) is 5.41 Å².